The van der Waals surface area contributed by atoms with E-state index in [1.54, 1.807) is 7.11 Å². The highest BCUT2D eigenvalue weighted by Gasteiger charge is 2.35. The third-order valence-corrected chi connectivity index (χ3v) is 5.13. The Morgan fingerprint density at radius 1 is 1.12 bits per heavy atom. The minimum atomic E-state index is -0.148. The van der Waals surface area contributed by atoms with E-state index in [-0.39, 0.29) is 11.4 Å². The number of urea groups is 1. The first-order valence-electron chi connectivity index (χ1n) is 8.87. The number of methoxy groups -OCH3 is 1. The number of benzene rings is 2. The van der Waals surface area contributed by atoms with Crippen molar-refractivity contribution in [2.45, 2.75) is 38.0 Å². The average Bonchev–Trinajstić information content (AvgIpc) is 3.10. The van der Waals surface area contributed by atoms with Gasteiger partial charge in [-0.25, -0.2) is 4.79 Å². The number of nitrogens with one attached hydrogen (secondary N) is 2. The maximum absolute atomic E-state index is 12.3. The molecule has 0 aromatic heterocycles. The number of ether oxygens (including phenoxy) is 1. The summed E-state index contributed by atoms with van der Waals surface area (Å²) in [5, 5.41) is 6.00. The van der Waals surface area contributed by atoms with E-state index in [4.69, 9.17) is 4.74 Å². The molecule has 4 nitrogen and oxygen atoms in total. The van der Waals surface area contributed by atoms with E-state index in [1.807, 2.05) is 43.3 Å². The van der Waals surface area contributed by atoms with Crippen LogP contribution in [0.2, 0.25) is 0 Å². The van der Waals surface area contributed by atoms with E-state index in [9.17, 15) is 4.79 Å². The molecule has 0 bridgehead atoms. The number of aryl methyl sites for hydroxylation is 1. The third kappa shape index (κ3) is 4.13. The summed E-state index contributed by atoms with van der Waals surface area (Å²) < 4.78 is 5.26. The van der Waals surface area contributed by atoms with E-state index in [0.29, 0.717) is 6.54 Å². The Labute approximate surface area is 149 Å². The van der Waals surface area contributed by atoms with Gasteiger partial charge in [0.15, 0.2) is 0 Å². The first kappa shape index (κ1) is 17.3. The van der Waals surface area contributed by atoms with Crippen molar-refractivity contribution in [3.63, 3.8) is 0 Å². The molecule has 2 aromatic rings. The van der Waals surface area contributed by atoms with Crippen LogP contribution in [0.1, 0.15) is 36.8 Å². The number of anilines is 1. The van der Waals surface area contributed by atoms with Crippen molar-refractivity contribution in [2.24, 2.45) is 0 Å². The Bertz CT molecular complexity index is 719. The zero-order valence-electron chi connectivity index (χ0n) is 15.0. The monoisotopic (exact) mass is 338 g/mol. The van der Waals surface area contributed by atoms with Crippen LogP contribution in [0.5, 0.6) is 5.75 Å². The van der Waals surface area contributed by atoms with E-state index in [2.05, 4.69) is 22.8 Å². The lowest BCUT2D eigenvalue weighted by atomic mass is 9.79. The smallest absolute Gasteiger partial charge is 0.319 e. The Balaban J connectivity index is 1.66. The van der Waals surface area contributed by atoms with Gasteiger partial charge in [-0.1, -0.05) is 37.1 Å². The topological polar surface area (TPSA) is 50.4 Å². The molecule has 2 N–H and O–H groups in total. The van der Waals surface area contributed by atoms with Gasteiger partial charge in [-0.2, -0.15) is 0 Å². The second-order valence-corrected chi connectivity index (χ2v) is 6.89. The maximum Gasteiger partial charge on any atom is 0.319 e. The van der Waals surface area contributed by atoms with Crippen LogP contribution >= 0.6 is 0 Å². The molecule has 1 fully saturated rings. The molecule has 25 heavy (non-hydrogen) atoms. The van der Waals surface area contributed by atoms with Gasteiger partial charge in [0.05, 0.1) is 7.11 Å². The van der Waals surface area contributed by atoms with Crippen LogP contribution in [-0.2, 0) is 5.41 Å². The fraction of sp³-hybridized carbons (Fsp3) is 0.381. The standard InChI is InChI=1S/C21H26N2O2/c1-16-6-5-7-18(14-16)23-20(24)22-15-21(12-3-4-13-21)17-8-10-19(25-2)11-9-17/h5-11,14H,3-4,12-13,15H2,1-2H3,(H2,22,23,24). The molecule has 2 amide bonds. The summed E-state index contributed by atoms with van der Waals surface area (Å²) in [6.45, 7) is 2.66. The quantitative estimate of drug-likeness (QED) is 0.834. The average molecular weight is 338 g/mol. The van der Waals surface area contributed by atoms with Crippen molar-refractivity contribution in [1.82, 2.24) is 5.32 Å². The van der Waals surface area contributed by atoms with Crippen LogP contribution in [0.3, 0.4) is 0 Å². The Morgan fingerprint density at radius 2 is 1.84 bits per heavy atom. The molecule has 1 aliphatic carbocycles. The number of carbonyl (C=O) groups is 1. The van der Waals surface area contributed by atoms with Crippen LogP contribution < -0.4 is 15.4 Å². The molecule has 0 heterocycles. The van der Waals surface area contributed by atoms with E-state index in [0.717, 1.165) is 29.8 Å². The lowest BCUT2D eigenvalue weighted by molar-refractivity contribution is 0.248. The fourth-order valence-electron chi connectivity index (χ4n) is 3.71. The molecule has 0 radical (unpaired) electrons. The Morgan fingerprint density at radius 3 is 2.48 bits per heavy atom. The minimum absolute atomic E-state index is 0.0240. The third-order valence-electron chi connectivity index (χ3n) is 5.13. The van der Waals surface area contributed by atoms with Gasteiger partial charge in [0.1, 0.15) is 5.75 Å². The van der Waals surface area contributed by atoms with Crippen molar-refractivity contribution in [3.8, 4) is 5.75 Å². The highest BCUT2D eigenvalue weighted by atomic mass is 16.5. The molecule has 2 aromatic carbocycles. The number of hydrogen-bond donors (Lipinski definition) is 2. The largest absolute Gasteiger partial charge is 0.497 e. The second kappa shape index (κ2) is 7.60. The molecule has 0 spiro atoms. The number of carbonyl (C=O) groups excluding carboxylic acids is 1. The zero-order chi connectivity index (χ0) is 17.7. The molecular weight excluding hydrogens is 312 g/mol. The highest BCUT2D eigenvalue weighted by molar-refractivity contribution is 5.89. The number of hydrogen-bond acceptors (Lipinski definition) is 2. The summed E-state index contributed by atoms with van der Waals surface area (Å²) in [5.41, 5.74) is 3.25. The Kier molecular flexibility index (Phi) is 5.27. The molecule has 0 aliphatic heterocycles. The molecule has 4 heteroatoms. The lowest BCUT2D eigenvalue weighted by Gasteiger charge is -2.30. The van der Waals surface area contributed by atoms with Crippen molar-refractivity contribution in [3.05, 3.63) is 59.7 Å². The molecule has 0 atom stereocenters. The molecule has 0 unspecified atom stereocenters. The predicted octanol–water partition coefficient (Wildman–Crippen LogP) is 4.64. The summed E-state index contributed by atoms with van der Waals surface area (Å²) in [6.07, 6.45) is 4.61. The van der Waals surface area contributed by atoms with Crippen LogP contribution in [0, 0.1) is 6.92 Å². The Hall–Kier alpha value is -2.49. The minimum Gasteiger partial charge on any atom is -0.497 e. The van der Waals surface area contributed by atoms with E-state index in [1.165, 1.54) is 18.4 Å². The van der Waals surface area contributed by atoms with Crippen molar-refractivity contribution in [1.29, 1.82) is 0 Å². The molecule has 1 aliphatic rings. The molecule has 132 valence electrons. The zero-order valence-corrected chi connectivity index (χ0v) is 15.0. The summed E-state index contributed by atoms with van der Waals surface area (Å²) in [6, 6.07) is 15.9. The van der Waals surface area contributed by atoms with Crippen LogP contribution in [0.4, 0.5) is 10.5 Å². The normalized spacial score (nSPS) is 15.6. The van der Waals surface area contributed by atoms with E-state index >= 15 is 0 Å². The van der Waals surface area contributed by atoms with E-state index < -0.39 is 0 Å². The summed E-state index contributed by atoms with van der Waals surface area (Å²) in [5.74, 6) is 0.863. The van der Waals surface area contributed by atoms with Crippen LogP contribution in [0.25, 0.3) is 0 Å². The van der Waals surface area contributed by atoms with Gasteiger partial charge in [-0.05, 0) is 55.2 Å². The van der Waals surface area contributed by atoms with Crippen LogP contribution in [-0.4, -0.2) is 19.7 Å². The molecule has 1 saturated carbocycles. The highest BCUT2D eigenvalue weighted by Crippen LogP contribution is 2.41. The first-order valence-corrected chi connectivity index (χ1v) is 8.87. The maximum atomic E-state index is 12.3. The summed E-state index contributed by atoms with van der Waals surface area (Å²) in [7, 11) is 1.68. The molecule has 0 saturated heterocycles. The summed E-state index contributed by atoms with van der Waals surface area (Å²) in [4.78, 5) is 12.3. The first-order chi connectivity index (χ1) is 12.1. The predicted molar refractivity (Wildman–Crippen MR) is 101 cm³/mol. The second-order valence-electron chi connectivity index (χ2n) is 6.89. The number of rotatable bonds is 5. The van der Waals surface area contributed by atoms with Crippen molar-refractivity contribution < 1.29 is 9.53 Å². The fourth-order valence-corrected chi connectivity index (χ4v) is 3.71. The SMILES string of the molecule is COc1ccc(C2(CNC(=O)Nc3cccc(C)c3)CCCC2)cc1. The van der Waals surface area contributed by atoms with Gasteiger partial charge in [0, 0.05) is 17.6 Å². The van der Waals surface area contributed by atoms with Crippen LogP contribution in [0.15, 0.2) is 48.5 Å². The van der Waals surface area contributed by atoms with Gasteiger partial charge in [0.25, 0.3) is 0 Å². The van der Waals surface area contributed by atoms with Gasteiger partial charge >= 0.3 is 6.03 Å². The van der Waals surface area contributed by atoms with Gasteiger partial charge in [-0.15, -0.1) is 0 Å². The van der Waals surface area contributed by atoms with Crippen molar-refractivity contribution >= 4 is 11.7 Å². The number of amides is 2. The van der Waals surface area contributed by atoms with Gasteiger partial charge in [0.2, 0.25) is 0 Å². The molecule has 3 rings (SSSR count). The lowest BCUT2D eigenvalue weighted by Crippen LogP contribution is -2.40. The summed E-state index contributed by atoms with van der Waals surface area (Å²) >= 11 is 0. The van der Waals surface area contributed by atoms with Crippen molar-refractivity contribution in [2.75, 3.05) is 19.0 Å². The van der Waals surface area contributed by atoms with Gasteiger partial charge in [-0.3, -0.25) is 0 Å². The van der Waals surface area contributed by atoms with Gasteiger partial charge < -0.3 is 15.4 Å². The molecular formula is C21H26N2O2.